The maximum atomic E-state index is 5.88. The van der Waals surface area contributed by atoms with Gasteiger partial charge in [-0.1, -0.05) is 26.2 Å². The van der Waals surface area contributed by atoms with Crippen LogP contribution < -0.4 is 5.73 Å². The SMILES string of the molecule is CCN(CC1CCCC1CN)C1CCCC1. The Morgan fingerprint density at radius 2 is 1.69 bits per heavy atom. The second kappa shape index (κ2) is 6.02. The summed E-state index contributed by atoms with van der Waals surface area (Å²) in [5.41, 5.74) is 5.88. The molecule has 0 amide bonds. The quantitative estimate of drug-likeness (QED) is 0.778. The molecule has 2 N–H and O–H groups in total. The first-order valence-electron chi connectivity index (χ1n) is 7.29. The Morgan fingerprint density at radius 1 is 1.00 bits per heavy atom. The Kier molecular flexibility index (Phi) is 4.66. The van der Waals surface area contributed by atoms with E-state index in [4.69, 9.17) is 5.73 Å². The molecule has 2 heteroatoms. The van der Waals surface area contributed by atoms with Gasteiger partial charge < -0.3 is 10.6 Å². The summed E-state index contributed by atoms with van der Waals surface area (Å²) in [7, 11) is 0. The highest BCUT2D eigenvalue weighted by molar-refractivity contribution is 4.84. The van der Waals surface area contributed by atoms with Crippen LogP contribution in [0.2, 0.25) is 0 Å². The predicted molar refractivity (Wildman–Crippen MR) is 69.4 cm³/mol. The average molecular weight is 224 g/mol. The zero-order valence-corrected chi connectivity index (χ0v) is 10.8. The molecule has 2 nitrogen and oxygen atoms in total. The lowest BCUT2D eigenvalue weighted by Gasteiger charge is -2.32. The molecule has 0 saturated heterocycles. The predicted octanol–water partition coefficient (Wildman–Crippen LogP) is 2.63. The topological polar surface area (TPSA) is 29.3 Å². The van der Waals surface area contributed by atoms with Gasteiger partial charge in [-0.2, -0.15) is 0 Å². The molecular formula is C14H28N2. The van der Waals surface area contributed by atoms with Gasteiger partial charge in [-0.15, -0.1) is 0 Å². The normalized spacial score (nSPS) is 31.7. The van der Waals surface area contributed by atoms with Crippen LogP contribution in [0.15, 0.2) is 0 Å². The van der Waals surface area contributed by atoms with E-state index in [1.165, 1.54) is 58.0 Å². The van der Waals surface area contributed by atoms with Crippen molar-refractivity contribution in [3.05, 3.63) is 0 Å². The standard InChI is InChI=1S/C14H28N2/c1-2-16(14-8-3-4-9-14)11-13-7-5-6-12(13)10-15/h12-14H,2-11,15H2,1H3. The molecule has 0 aliphatic heterocycles. The van der Waals surface area contributed by atoms with E-state index >= 15 is 0 Å². The van der Waals surface area contributed by atoms with E-state index in [1.807, 2.05) is 0 Å². The largest absolute Gasteiger partial charge is 0.330 e. The van der Waals surface area contributed by atoms with Crippen molar-refractivity contribution in [2.75, 3.05) is 19.6 Å². The van der Waals surface area contributed by atoms with E-state index in [2.05, 4.69) is 11.8 Å². The van der Waals surface area contributed by atoms with Crippen molar-refractivity contribution in [1.29, 1.82) is 0 Å². The molecule has 94 valence electrons. The number of rotatable bonds is 5. The first-order valence-corrected chi connectivity index (χ1v) is 7.29. The van der Waals surface area contributed by atoms with Gasteiger partial charge in [-0.05, 0) is 50.6 Å². The lowest BCUT2D eigenvalue weighted by molar-refractivity contribution is 0.160. The van der Waals surface area contributed by atoms with E-state index in [-0.39, 0.29) is 0 Å². The Bertz CT molecular complexity index is 199. The molecule has 0 heterocycles. The van der Waals surface area contributed by atoms with Crippen molar-refractivity contribution >= 4 is 0 Å². The second-order valence-corrected chi connectivity index (χ2v) is 5.71. The van der Waals surface area contributed by atoms with Crippen molar-refractivity contribution in [2.45, 2.75) is 57.9 Å². The zero-order valence-electron chi connectivity index (χ0n) is 10.8. The van der Waals surface area contributed by atoms with E-state index < -0.39 is 0 Å². The average Bonchev–Trinajstić information content (AvgIpc) is 2.96. The molecule has 0 spiro atoms. The van der Waals surface area contributed by atoms with Crippen molar-refractivity contribution in [1.82, 2.24) is 4.90 Å². The van der Waals surface area contributed by atoms with Crippen LogP contribution in [0.4, 0.5) is 0 Å². The Labute approximate surface area is 101 Å². The summed E-state index contributed by atoms with van der Waals surface area (Å²) in [6, 6.07) is 0.893. The lowest BCUT2D eigenvalue weighted by Crippen LogP contribution is -2.39. The van der Waals surface area contributed by atoms with E-state index in [1.54, 1.807) is 0 Å². The van der Waals surface area contributed by atoms with Crippen LogP contribution in [-0.2, 0) is 0 Å². The smallest absolute Gasteiger partial charge is 0.00952 e. The zero-order chi connectivity index (χ0) is 11.4. The molecule has 16 heavy (non-hydrogen) atoms. The fourth-order valence-electron chi connectivity index (χ4n) is 3.77. The van der Waals surface area contributed by atoms with Gasteiger partial charge in [0, 0.05) is 12.6 Å². The number of hydrogen-bond acceptors (Lipinski definition) is 2. The maximum absolute atomic E-state index is 5.88. The van der Waals surface area contributed by atoms with Gasteiger partial charge in [0.05, 0.1) is 0 Å². The fraction of sp³-hybridized carbons (Fsp3) is 1.00. The Morgan fingerprint density at radius 3 is 2.31 bits per heavy atom. The molecule has 0 aromatic heterocycles. The summed E-state index contributed by atoms with van der Waals surface area (Å²) in [6.07, 6.45) is 9.99. The summed E-state index contributed by atoms with van der Waals surface area (Å²) in [5.74, 6) is 1.71. The van der Waals surface area contributed by atoms with Crippen molar-refractivity contribution in [2.24, 2.45) is 17.6 Å². The van der Waals surface area contributed by atoms with E-state index in [0.717, 1.165) is 24.4 Å². The first kappa shape index (κ1) is 12.4. The van der Waals surface area contributed by atoms with Crippen LogP contribution in [0.5, 0.6) is 0 Å². The highest BCUT2D eigenvalue weighted by atomic mass is 15.2. The summed E-state index contributed by atoms with van der Waals surface area (Å²) in [6.45, 7) is 5.79. The van der Waals surface area contributed by atoms with E-state index in [9.17, 15) is 0 Å². The minimum atomic E-state index is 0.815. The first-order chi connectivity index (χ1) is 7.85. The third-order valence-electron chi connectivity index (χ3n) is 4.84. The van der Waals surface area contributed by atoms with Crippen molar-refractivity contribution in [3.63, 3.8) is 0 Å². The van der Waals surface area contributed by atoms with Crippen LogP contribution in [0, 0.1) is 11.8 Å². The van der Waals surface area contributed by atoms with Crippen molar-refractivity contribution in [3.8, 4) is 0 Å². The highest BCUT2D eigenvalue weighted by Gasteiger charge is 2.30. The Balaban J connectivity index is 1.85. The molecule has 0 aromatic carbocycles. The molecule has 2 aliphatic rings. The molecule has 0 aromatic rings. The fourth-order valence-corrected chi connectivity index (χ4v) is 3.77. The van der Waals surface area contributed by atoms with E-state index in [0.29, 0.717) is 0 Å². The molecule has 2 atom stereocenters. The summed E-state index contributed by atoms with van der Waals surface area (Å²) < 4.78 is 0. The molecule has 0 radical (unpaired) electrons. The molecule has 2 rings (SSSR count). The van der Waals surface area contributed by atoms with Gasteiger partial charge >= 0.3 is 0 Å². The lowest BCUT2D eigenvalue weighted by atomic mass is 9.95. The van der Waals surface area contributed by atoms with Crippen LogP contribution >= 0.6 is 0 Å². The minimum Gasteiger partial charge on any atom is -0.330 e. The van der Waals surface area contributed by atoms with Crippen LogP contribution in [-0.4, -0.2) is 30.6 Å². The molecular weight excluding hydrogens is 196 g/mol. The van der Waals surface area contributed by atoms with Gasteiger partial charge in [0.1, 0.15) is 0 Å². The van der Waals surface area contributed by atoms with Gasteiger partial charge in [0.15, 0.2) is 0 Å². The minimum absolute atomic E-state index is 0.815. The molecule has 2 aliphatic carbocycles. The number of nitrogens with zero attached hydrogens (tertiary/aromatic N) is 1. The molecule has 0 bridgehead atoms. The number of hydrogen-bond donors (Lipinski definition) is 1. The Hall–Kier alpha value is -0.0800. The van der Waals surface area contributed by atoms with Crippen LogP contribution in [0.1, 0.15) is 51.9 Å². The second-order valence-electron chi connectivity index (χ2n) is 5.71. The van der Waals surface area contributed by atoms with Crippen LogP contribution in [0.3, 0.4) is 0 Å². The number of nitrogens with two attached hydrogens (primary N) is 1. The molecule has 2 unspecified atom stereocenters. The maximum Gasteiger partial charge on any atom is 0.00952 e. The van der Waals surface area contributed by atoms with Gasteiger partial charge in [-0.3, -0.25) is 0 Å². The molecule has 2 saturated carbocycles. The monoisotopic (exact) mass is 224 g/mol. The van der Waals surface area contributed by atoms with Gasteiger partial charge in [-0.25, -0.2) is 0 Å². The third kappa shape index (κ3) is 2.78. The van der Waals surface area contributed by atoms with Gasteiger partial charge in [0.25, 0.3) is 0 Å². The summed E-state index contributed by atoms with van der Waals surface area (Å²) >= 11 is 0. The molecule has 2 fully saturated rings. The van der Waals surface area contributed by atoms with Gasteiger partial charge in [0.2, 0.25) is 0 Å². The van der Waals surface area contributed by atoms with Crippen LogP contribution in [0.25, 0.3) is 0 Å². The summed E-state index contributed by atoms with van der Waals surface area (Å²) in [5, 5.41) is 0. The van der Waals surface area contributed by atoms with Crippen molar-refractivity contribution < 1.29 is 0 Å². The highest BCUT2D eigenvalue weighted by Crippen LogP contribution is 2.33. The summed E-state index contributed by atoms with van der Waals surface area (Å²) in [4.78, 5) is 2.74. The third-order valence-corrected chi connectivity index (χ3v) is 4.84.